The summed E-state index contributed by atoms with van der Waals surface area (Å²) in [6, 6.07) is 1.26. The summed E-state index contributed by atoms with van der Waals surface area (Å²) in [4.78, 5) is 4.02. The summed E-state index contributed by atoms with van der Waals surface area (Å²) in [6.07, 6.45) is -9.25. The smallest absolute Gasteiger partial charge is 0.376 e. The van der Waals surface area contributed by atoms with Gasteiger partial charge in [0.25, 0.3) is 0 Å². The monoisotopic (exact) mass is 367 g/mol. The van der Waals surface area contributed by atoms with Gasteiger partial charge in [-0.15, -0.1) is 0 Å². The summed E-state index contributed by atoms with van der Waals surface area (Å²) >= 11 is 0. The molecule has 0 aliphatic heterocycles. The Labute approximate surface area is 139 Å². The van der Waals surface area contributed by atoms with Gasteiger partial charge in [0.05, 0.1) is 17.7 Å². The van der Waals surface area contributed by atoms with Crippen molar-refractivity contribution in [2.24, 2.45) is 5.92 Å². The Bertz CT molecular complexity index is 689. The lowest BCUT2D eigenvalue weighted by Crippen LogP contribution is -2.12. The second-order valence-corrected chi connectivity index (χ2v) is 5.85. The van der Waals surface area contributed by atoms with Gasteiger partial charge in [0.2, 0.25) is 5.89 Å². The molecule has 0 radical (unpaired) electrons. The molecule has 0 amide bonds. The SMILES string of the molecule is CC(C)Cc1noc(CNc2cc(C(F)(F)F)cc(C(F)(F)F)c2)n1. The van der Waals surface area contributed by atoms with Crippen molar-refractivity contribution in [3.63, 3.8) is 0 Å². The van der Waals surface area contributed by atoms with Gasteiger partial charge in [-0.1, -0.05) is 19.0 Å². The van der Waals surface area contributed by atoms with E-state index in [2.05, 4.69) is 15.5 Å². The molecule has 0 saturated heterocycles. The molecule has 0 fully saturated rings. The van der Waals surface area contributed by atoms with E-state index in [4.69, 9.17) is 4.52 Å². The minimum Gasteiger partial charge on any atom is -0.376 e. The van der Waals surface area contributed by atoms with E-state index in [1.807, 2.05) is 13.8 Å². The van der Waals surface area contributed by atoms with Gasteiger partial charge in [-0.3, -0.25) is 0 Å². The van der Waals surface area contributed by atoms with E-state index in [1.54, 1.807) is 0 Å². The van der Waals surface area contributed by atoms with Gasteiger partial charge in [-0.05, 0) is 24.1 Å². The fourth-order valence-corrected chi connectivity index (χ4v) is 2.04. The Hall–Kier alpha value is -2.26. The Morgan fingerprint density at radius 1 is 1.00 bits per heavy atom. The molecule has 0 unspecified atom stereocenters. The first-order valence-corrected chi connectivity index (χ1v) is 7.30. The van der Waals surface area contributed by atoms with Crippen molar-refractivity contribution < 1.29 is 30.9 Å². The van der Waals surface area contributed by atoms with Crippen molar-refractivity contribution in [2.45, 2.75) is 39.2 Å². The third kappa shape index (κ3) is 5.36. The quantitative estimate of drug-likeness (QED) is 0.763. The molecule has 0 atom stereocenters. The molecule has 2 aromatic rings. The lowest BCUT2D eigenvalue weighted by molar-refractivity contribution is -0.143. The van der Waals surface area contributed by atoms with Crippen LogP contribution in [0.15, 0.2) is 22.7 Å². The fraction of sp³-hybridized carbons (Fsp3) is 0.467. The summed E-state index contributed by atoms with van der Waals surface area (Å²) in [5, 5.41) is 6.15. The number of aromatic nitrogens is 2. The number of hydrogen-bond acceptors (Lipinski definition) is 4. The molecule has 0 saturated carbocycles. The van der Waals surface area contributed by atoms with Crippen molar-refractivity contribution in [3.05, 3.63) is 41.0 Å². The van der Waals surface area contributed by atoms with Crippen LogP contribution >= 0.6 is 0 Å². The molecular formula is C15H15F6N3O. The van der Waals surface area contributed by atoms with E-state index in [0.29, 0.717) is 24.4 Å². The number of anilines is 1. The van der Waals surface area contributed by atoms with Crippen molar-refractivity contribution in [2.75, 3.05) is 5.32 Å². The van der Waals surface area contributed by atoms with Crippen LogP contribution in [0.25, 0.3) is 0 Å². The normalized spacial score (nSPS) is 12.7. The standard InChI is InChI=1S/C15H15F6N3O/c1-8(2)3-12-23-13(25-24-12)7-22-11-5-9(14(16,17)18)4-10(6-11)15(19,20)21/h4-6,8,22H,3,7H2,1-2H3. The molecule has 138 valence electrons. The van der Waals surface area contributed by atoms with Crippen LogP contribution < -0.4 is 5.32 Å². The second-order valence-electron chi connectivity index (χ2n) is 5.85. The molecule has 1 aromatic carbocycles. The first-order chi connectivity index (χ1) is 11.4. The van der Waals surface area contributed by atoms with Crippen LogP contribution in [0, 0.1) is 5.92 Å². The summed E-state index contributed by atoms with van der Waals surface area (Å²) in [6.45, 7) is 3.69. The van der Waals surface area contributed by atoms with Crippen LogP contribution in [0.4, 0.5) is 32.0 Å². The van der Waals surface area contributed by atoms with E-state index in [1.165, 1.54) is 0 Å². The van der Waals surface area contributed by atoms with E-state index in [0.717, 1.165) is 0 Å². The van der Waals surface area contributed by atoms with Crippen LogP contribution in [-0.4, -0.2) is 10.1 Å². The minimum atomic E-state index is -4.90. The zero-order valence-corrected chi connectivity index (χ0v) is 13.3. The zero-order chi connectivity index (χ0) is 18.8. The van der Waals surface area contributed by atoms with Crippen LogP contribution in [-0.2, 0) is 25.3 Å². The van der Waals surface area contributed by atoms with E-state index in [9.17, 15) is 26.3 Å². The van der Waals surface area contributed by atoms with Crippen LogP contribution in [0.2, 0.25) is 0 Å². The summed E-state index contributed by atoms with van der Waals surface area (Å²) < 4.78 is 81.6. The molecule has 10 heteroatoms. The average molecular weight is 367 g/mol. The van der Waals surface area contributed by atoms with Crippen molar-refractivity contribution in [1.29, 1.82) is 0 Å². The highest BCUT2D eigenvalue weighted by molar-refractivity contribution is 5.50. The van der Waals surface area contributed by atoms with E-state index in [-0.39, 0.29) is 30.1 Å². The zero-order valence-electron chi connectivity index (χ0n) is 13.3. The molecular weight excluding hydrogens is 352 g/mol. The number of halogens is 6. The van der Waals surface area contributed by atoms with Crippen LogP contribution in [0.5, 0.6) is 0 Å². The predicted octanol–water partition coefficient (Wildman–Crippen LogP) is 4.92. The molecule has 2 rings (SSSR count). The number of benzene rings is 1. The Morgan fingerprint density at radius 3 is 2.04 bits per heavy atom. The van der Waals surface area contributed by atoms with Gasteiger partial charge < -0.3 is 9.84 Å². The first-order valence-electron chi connectivity index (χ1n) is 7.30. The molecule has 0 spiro atoms. The van der Waals surface area contributed by atoms with E-state index < -0.39 is 23.5 Å². The number of alkyl halides is 6. The minimum absolute atomic E-state index is 0.0681. The lowest BCUT2D eigenvalue weighted by atomic mass is 10.1. The van der Waals surface area contributed by atoms with Gasteiger partial charge in [0, 0.05) is 12.1 Å². The molecule has 25 heavy (non-hydrogen) atoms. The lowest BCUT2D eigenvalue weighted by Gasteiger charge is -2.14. The van der Waals surface area contributed by atoms with Gasteiger partial charge in [0.1, 0.15) is 0 Å². The fourth-order valence-electron chi connectivity index (χ4n) is 2.04. The molecule has 0 aliphatic carbocycles. The number of hydrogen-bond donors (Lipinski definition) is 1. The number of nitrogens with zero attached hydrogens (tertiary/aromatic N) is 2. The summed E-state index contributed by atoms with van der Waals surface area (Å²) in [7, 11) is 0. The molecule has 1 N–H and O–H groups in total. The molecule has 0 aliphatic rings. The highest BCUT2D eigenvalue weighted by atomic mass is 19.4. The maximum absolute atomic E-state index is 12.8. The molecule has 1 heterocycles. The Kier molecular flexibility index (Phi) is 5.28. The van der Waals surface area contributed by atoms with Gasteiger partial charge in [-0.2, -0.15) is 31.3 Å². The van der Waals surface area contributed by atoms with Crippen molar-refractivity contribution in [1.82, 2.24) is 10.1 Å². The largest absolute Gasteiger partial charge is 0.416 e. The van der Waals surface area contributed by atoms with Gasteiger partial charge in [-0.25, -0.2) is 0 Å². The maximum atomic E-state index is 12.8. The van der Waals surface area contributed by atoms with Crippen molar-refractivity contribution in [3.8, 4) is 0 Å². The molecule has 4 nitrogen and oxygen atoms in total. The van der Waals surface area contributed by atoms with Crippen LogP contribution in [0.1, 0.15) is 36.7 Å². The van der Waals surface area contributed by atoms with Gasteiger partial charge >= 0.3 is 12.4 Å². The average Bonchev–Trinajstić information content (AvgIpc) is 2.89. The van der Waals surface area contributed by atoms with Crippen molar-refractivity contribution >= 4 is 5.69 Å². The highest BCUT2D eigenvalue weighted by Crippen LogP contribution is 2.37. The second kappa shape index (κ2) is 6.93. The first kappa shape index (κ1) is 19.1. The predicted molar refractivity (Wildman–Crippen MR) is 76.6 cm³/mol. The molecule has 1 aromatic heterocycles. The number of nitrogens with one attached hydrogen (secondary N) is 1. The van der Waals surface area contributed by atoms with E-state index >= 15 is 0 Å². The molecule has 0 bridgehead atoms. The third-order valence-electron chi connectivity index (χ3n) is 3.13. The van der Waals surface area contributed by atoms with Crippen LogP contribution in [0.3, 0.4) is 0 Å². The third-order valence-corrected chi connectivity index (χ3v) is 3.13. The maximum Gasteiger partial charge on any atom is 0.416 e. The topological polar surface area (TPSA) is 51.0 Å². The Morgan fingerprint density at radius 2 is 1.56 bits per heavy atom. The Balaban J connectivity index is 2.19. The number of rotatable bonds is 5. The summed E-state index contributed by atoms with van der Waals surface area (Å²) in [5.74, 6) is 0.768. The van der Waals surface area contributed by atoms with Gasteiger partial charge in [0.15, 0.2) is 5.82 Å². The summed E-state index contributed by atoms with van der Waals surface area (Å²) in [5.41, 5.74) is -3.13. The highest BCUT2D eigenvalue weighted by Gasteiger charge is 2.36.